The second-order valence-electron chi connectivity index (χ2n) is 7.01. The van der Waals surface area contributed by atoms with E-state index in [1.165, 1.54) is 0 Å². The minimum absolute atomic E-state index is 0.163. The Bertz CT molecular complexity index is 1220. The highest BCUT2D eigenvalue weighted by atomic mass is 16.2. The van der Waals surface area contributed by atoms with Gasteiger partial charge in [-0.05, 0) is 42.3 Å². The van der Waals surface area contributed by atoms with Gasteiger partial charge < -0.3 is 15.6 Å². The van der Waals surface area contributed by atoms with Crippen LogP contribution in [0.15, 0.2) is 54.7 Å². The molecule has 0 saturated carbocycles. The van der Waals surface area contributed by atoms with Gasteiger partial charge in [-0.1, -0.05) is 24.3 Å². The number of nitrogens with one attached hydrogen (secondary N) is 2. The molecule has 7 nitrogen and oxygen atoms in total. The van der Waals surface area contributed by atoms with Gasteiger partial charge >= 0.3 is 0 Å². The number of aryl methyl sites for hydroxylation is 2. The summed E-state index contributed by atoms with van der Waals surface area (Å²) < 4.78 is 1.89. The van der Waals surface area contributed by atoms with Crippen molar-refractivity contribution in [3.63, 3.8) is 0 Å². The van der Waals surface area contributed by atoms with Gasteiger partial charge in [-0.2, -0.15) is 5.10 Å². The van der Waals surface area contributed by atoms with Gasteiger partial charge in [-0.25, -0.2) is 0 Å². The predicted octanol–water partition coefficient (Wildman–Crippen LogP) is 2.91. The van der Waals surface area contributed by atoms with Crippen LogP contribution in [0.4, 0.5) is 0 Å². The number of hydrogen-bond acceptors (Lipinski definition) is 3. The molecule has 2 aromatic heterocycles. The summed E-state index contributed by atoms with van der Waals surface area (Å²) in [5.41, 5.74) is 11.2. The maximum atomic E-state index is 12.7. The van der Waals surface area contributed by atoms with Crippen molar-refractivity contribution < 1.29 is 9.59 Å². The van der Waals surface area contributed by atoms with Crippen molar-refractivity contribution in [1.82, 2.24) is 20.1 Å². The predicted molar refractivity (Wildman–Crippen MR) is 111 cm³/mol. The molecule has 4 N–H and O–H groups in total. The number of primary amides is 1. The monoisotopic (exact) mass is 387 g/mol. The van der Waals surface area contributed by atoms with Crippen LogP contribution in [0.1, 0.15) is 32.1 Å². The van der Waals surface area contributed by atoms with E-state index in [9.17, 15) is 9.59 Å². The minimum Gasteiger partial charge on any atom is -0.366 e. The lowest BCUT2D eigenvalue weighted by Crippen LogP contribution is -2.24. The fraction of sp³-hybridized carbons (Fsp3) is 0.136. The number of nitrogens with two attached hydrogens (primary N) is 1. The molecule has 146 valence electrons. The van der Waals surface area contributed by atoms with E-state index < -0.39 is 5.91 Å². The molecule has 0 aliphatic carbocycles. The van der Waals surface area contributed by atoms with Gasteiger partial charge in [0.25, 0.3) is 5.91 Å². The van der Waals surface area contributed by atoms with Crippen molar-refractivity contribution in [2.24, 2.45) is 12.8 Å². The third-order valence-corrected chi connectivity index (χ3v) is 5.11. The number of carbonyl (C=O) groups excluding carboxylic acids is 2. The van der Waals surface area contributed by atoms with Crippen molar-refractivity contribution in [2.75, 3.05) is 0 Å². The zero-order valence-electron chi connectivity index (χ0n) is 16.2. The highest BCUT2D eigenvalue weighted by Gasteiger charge is 2.14. The molecular weight excluding hydrogens is 366 g/mol. The lowest BCUT2D eigenvalue weighted by molar-refractivity contribution is 0.0941. The number of amides is 2. The second kappa shape index (κ2) is 7.27. The largest absolute Gasteiger partial charge is 0.366 e. The first-order chi connectivity index (χ1) is 13.9. The van der Waals surface area contributed by atoms with Gasteiger partial charge in [-0.3, -0.25) is 14.7 Å². The Hall–Kier alpha value is -3.87. The van der Waals surface area contributed by atoms with E-state index in [4.69, 9.17) is 5.73 Å². The van der Waals surface area contributed by atoms with Crippen LogP contribution >= 0.6 is 0 Å². The summed E-state index contributed by atoms with van der Waals surface area (Å²) in [5, 5.41) is 10.9. The van der Waals surface area contributed by atoms with Gasteiger partial charge in [0.15, 0.2) is 0 Å². The van der Waals surface area contributed by atoms with E-state index in [-0.39, 0.29) is 5.91 Å². The topological polar surface area (TPSA) is 106 Å². The molecule has 2 aromatic carbocycles. The van der Waals surface area contributed by atoms with Crippen LogP contribution in [-0.2, 0) is 13.6 Å². The molecule has 0 radical (unpaired) electrons. The Morgan fingerprint density at radius 1 is 1.14 bits per heavy atom. The number of carbonyl (C=O) groups is 2. The normalized spacial score (nSPS) is 11.0. The minimum atomic E-state index is -0.471. The van der Waals surface area contributed by atoms with Crippen LogP contribution in [0.2, 0.25) is 0 Å². The van der Waals surface area contributed by atoms with Crippen LogP contribution in [0.5, 0.6) is 0 Å². The molecule has 4 rings (SSSR count). The molecule has 29 heavy (non-hydrogen) atoms. The molecule has 0 saturated heterocycles. The molecule has 0 atom stereocenters. The highest BCUT2D eigenvalue weighted by Crippen LogP contribution is 2.27. The number of fused-ring (bicyclic) bond motifs is 1. The molecule has 2 heterocycles. The van der Waals surface area contributed by atoms with E-state index in [2.05, 4.69) is 21.6 Å². The average Bonchev–Trinajstić information content (AvgIpc) is 3.29. The Kier molecular flexibility index (Phi) is 4.64. The maximum absolute atomic E-state index is 12.7. The van der Waals surface area contributed by atoms with Gasteiger partial charge in [0.1, 0.15) is 5.69 Å². The summed E-state index contributed by atoms with van der Waals surface area (Å²) in [5.74, 6) is -0.634. The van der Waals surface area contributed by atoms with E-state index in [0.717, 1.165) is 33.3 Å². The second-order valence-corrected chi connectivity index (χ2v) is 7.01. The number of hydrogen-bond donors (Lipinski definition) is 3. The van der Waals surface area contributed by atoms with Crippen molar-refractivity contribution in [1.29, 1.82) is 0 Å². The van der Waals surface area contributed by atoms with E-state index in [1.54, 1.807) is 30.5 Å². The zero-order chi connectivity index (χ0) is 20.5. The third kappa shape index (κ3) is 3.50. The first-order valence-electron chi connectivity index (χ1n) is 9.21. The number of benzene rings is 2. The molecule has 4 aromatic rings. The first-order valence-corrected chi connectivity index (χ1v) is 9.21. The fourth-order valence-corrected chi connectivity index (χ4v) is 3.42. The van der Waals surface area contributed by atoms with Crippen molar-refractivity contribution in [3.8, 4) is 11.1 Å². The van der Waals surface area contributed by atoms with Crippen LogP contribution < -0.4 is 11.1 Å². The van der Waals surface area contributed by atoms with Gasteiger partial charge in [0.2, 0.25) is 5.91 Å². The molecule has 0 unspecified atom stereocenters. The van der Waals surface area contributed by atoms with Crippen LogP contribution in [-0.4, -0.2) is 26.6 Å². The number of aromatic amines is 1. The molecule has 7 heteroatoms. The lowest BCUT2D eigenvalue weighted by atomic mass is 10.1. The number of rotatable bonds is 5. The van der Waals surface area contributed by atoms with Gasteiger partial charge in [0, 0.05) is 41.3 Å². The van der Waals surface area contributed by atoms with E-state index in [1.807, 2.05) is 36.7 Å². The molecule has 0 fully saturated rings. The fourth-order valence-electron chi connectivity index (χ4n) is 3.42. The Morgan fingerprint density at radius 2 is 1.90 bits per heavy atom. The summed E-state index contributed by atoms with van der Waals surface area (Å²) in [6.07, 6.45) is 1.80. The summed E-state index contributed by atoms with van der Waals surface area (Å²) in [6, 6.07) is 14.8. The Balaban J connectivity index is 1.55. The molecule has 0 aliphatic heterocycles. The third-order valence-electron chi connectivity index (χ3n) is 5.11. The summed E-state index contributed by atoms with van der Waals surface area (Å²) in [6.45, 7) is 2.34. The zero-order valence-corrected chi connectivity index (χ0v) is 16.2. The SMILES string of the molecule is Cc1[nH]ncc1-c1ccc2cc(C(=O)NCc3ccc(C(N)=O)cc3)n(C)c2c1. The number of nitrogens with zero attached hydrogens (tertiary/aromatic N) is 2. The first kappa shape index (κ1) is 18.5. The van der Waals surface area contributed by atoms with Crippen molar-refractivity contribution in [3.05, 3.63) is 77.2 Å². The molecule has 2 amide bonds. The maximum Gasteiger partial charge on any atom is 0.268 e. The lowest BCUT2D eigenvalue weighted by Gasteiger charge is -2.08. The van der Waals surface area contributed by atoms with Crippen LogP contribution in [0.3, 0.4) is 0 Å². The standard InChI is InChI=1S/C22H21N5O2/c1-13-18(12-25-26-13)16-7-8-17-10-20(27(2)19(17)9-16)22(29)24-11-14-3-5-15(6-4-14)21(23)28/h3-10,12H,11H2,1-2H3,(H2,23,28)(H,24,29)(H,25,26). The molecule has 0 aliphatic rings. The Labute approximate surface area is 167 Å². The van der Waals surface area contributed by atoms with E-state index >= 15 is 0 Å². The number of H-pyrrole nitrogens is 1. The van der Waals surface area contributed by atoms with Crippen LogP contribution in [0.25, 0.3) is 22.0 Å². The van der Waals surface area contributed by atoms with E-state index in [0.29, 0.717) is 17.8 Å². The van der Waals surface area contributed by atoms with Gasteiger partial charge in [0.05, 0.1) is 6.20 Å². The molecular formula is C22H21N5O2. The van der Waals surface area contributed by atoms with Crippen molar-refractivity contribution in [2.45, 2.75) is 13.5 Å². The summed E-state index contributed by atoms with van der Waals surface area (Å²) in [4.78, 5) is 23.9. The summed E-state index contributed by atoms with van der Waals surface area (Å²) >= 11 is 0. The molecule has 0 bridgehead atoms. The Morgan fingerprint density at radius 3 is 2.55 bits per heavy atom. The smallest absolute Gasteiger partial charge is 0.268 e. The quantitative estimate of drug-likeness (QED) is 0.490. The number of aromatic nitrogens is 3. The van der Waals surface area contributed by atoms with Crippen molar-refractivity contribution >= 4 is 22.7 Å². The van der Waals surface area contributed by atoms with Crippen LogP contribution in [0, 0.1) is 6.92 Å². The highest BCUT2D eigenvalue weighted by molar-refractivity contribution is 5.99. The molecule has 0 spiro atoms. The average molecular weight is 387 g/mol. The summed E-state index contributed by atoms with van der Waals surface area (Å²) in [7, 11) is 1.88. The van der Waals surface area contributed by atoms with Gasteiger partial charge in [-0.15, -0.1) is 0 Å².